The van der Waals surface area contributed by atoms with Crippen LogP contribution in [0.1, 0.15) is 32.3 Å². The van der Waals surface area contributed by atoms with Crippen molar-refractivity contribution in [1.29, 1.82) is 0 Å². The second-order valence-corrected chi connectivity index (χ2v) is 8.80. The number of nitrogens with one attached hydrogen (secondary N) is 1. The second kappa shape index (κ2) is 7.70. The quantitative estimate of drug-likeness (QED) is 0.354. The number of rotatable bonds is 4. The lowest BCUT2D eigenvalue weighted by Gasteiger charge is -2.02. The summed E-state index contributed by atoms with van der Waals surface area (Å²) in [6, 6.07) is 13.5. The number of furan rings is 1. The van der Waals surface area contributed by atoms with Crippen molar-refractivity contribution in [2.45, 2.75) is 20.3 Å². The van der Waals surface area contributed by atoms with Crippen LogP contribution in [0.3, 0.4) is 0 Å². The number of carbonyl (C=O) groups excluding carboxylic acids is 1. The number of aryl methyl sites for hydroxylation is 2. The third kappa shape index (κ3) is 3.72. The van der Waals surface area contributed by atoms with Crippen LogP contribution >= 0.6 is 38.9 Å². The molecule has 1 N–H and O–H groups in total. The third-order valence-electron chi connectivity index (χ3n) is 4.51. The summed E-state index contributed by atoms with van der Waals surface area (Å²) in [5, 5.41) is 5.04. The van der Waals surface area contributed by atoms with Gasteiger partial charge < -0.3 is 4.42 Å². The van der Waals surface area contributed by atoms with Crippen molar-refractivity contribution in [3.05, 3.63) is 79.4 Å². The monoisotopic (exact) mass is 474 g/mol. The molecule has 28 heavy (non-hydrogen) atoms. The zero-order valence-electron chi connectivity index (χ0n) is 15.2. The van der Waals surface area contributed by atoms with Gasteiger partial charge >= 0.3 is 0 Å². The maximum absolute atomic E-state index is 12.7. The molecule has 2 heterocycles. The average molecular weight is 476 g/mol. The van der Waals surface area contributed by atoms with Gasteiger partial charge in [-0.25, -0.2) is 4.98 Å². The minimum atomic E-state index is -0.291. The van der Waals surface area contributed by atoms with Gasteiger partial charge in [0.15, 0.2) is 10.9 Å². The summed E-state index contributed by atoms with van der Waals surface area (Å²) in [6.45, 7) is 3.82. The maximum Gasteiger partial charge on any atom is 0.293 e. The fraction of sp³-hybridized carbons (Fsp3) is 0.143. The van der Waals surface area contributed by atoms with E-state index in [1.54, 1.807) is 0 Å². The van der Waals surface area contributed by atoms with Gasteiger partial charge in [-0.2, -0.15) is 0 Å². The number of para-hydroxylation sites is 1. The number of nitrogens with zero attached hydrogens (tertiary/aromatic N) is 1. The van der Waals surface area contributed by atoms with Crippen molar-refractivity contribution in [1.82, 2.24) is 4.98 Å². The number of hydrogen-bond acceptors (Lipinski definition) is 4. The Balaban J connectivity index is 1.55. The van der Waals surface area contributed by atoms with Gasteiger partial charge in [-0.3, -0.25) is 10.1 Å². The summed E-state index contributed by atoms with van der Waals surface area (Å²) in [4.78, 5) is 18.3. The summed E-state index contributed by atoms with van der Waals surface area (Å²) in [7, 11) is 0. The molecule has 0 unspecified atom stereocenters. The standard InChI is InChI=1S/C21H16BrClN2O2S/c1-11-14-5-3-4-6-17(14)27-19(11)20(26)25-21-24-12(2)18(28-21)10-13-7-8-15(22)16(23)9-13/h3-9H,10H2,1-2H3,(H,24,25,26). The lowest BCUT2D eigenvalue weighted by molar-refractivity contribution is 0.0998. The van der Waals surface area contributed by atoms with Crippen molar-refractivity contribution in [3.8, 4) is 0 Å². The van der Waals surface area contributed by atoms with E-state index in [4.69, 9.17) is 16.0 Å². The Morgan fingerprint density at radius 1 is 1.25 bits per heavy atom. The smallest absolute Gasteiger partial charge is 0.293 e. The van der Waals surface area contributed by atoms with E-state index in [0.29, 0.717) is 27.9 Å². The Morgan fingerprint density at radius 2 is 2.04 bits per heavy atom. The highest BCUT2D eigenvalue weighted by molar-refractivity contribution is 9.10. The molecule has 0 atom stereocenters. The summed E-state index contributed by atoms with van der Waals surface area (Å²) in [5.41, 5.74) is 3.51. The summed E-state index contributed by atoms with van der Waals surface area (Å²) in [5.74, 6) is 0.0241. The first-order chi connectivity index (χ1) is 13.4. The Morgan fingerprint density at radius 3 is 2.79 bits per heavy atom. The van der Waals surface area contributed by atoms with Crippen LogP contribution in [0.2, 0.25) is 5.02 Å². The molecule has 2 aromatic carbocycles. The molecule has 0 aliphatic rings. The van der Waals surface area contributed by atoms with Crippen LogP contribution in [0, 0.1) is 13.8 Å². The zero-order valence-corrected chi connectivity index (χ0v) is 18.3. The number of hydrogen-bond donors (Lipinski definition) is 1. The minimum Gasteiger partial charge on any atom is -0.451 e. The molecular formula is C21H16BrClN2O2S. The van der Waals surface area contributed by atoms with Gasteiger partial charge in [-0.15, -0.1) is 11.3 Å². The van der Waals surface area contributed by atoms with Crippen molar-refractivity contribution < 1.29 is 9.21 Å². The molecule has 0 fully saturated rings. The summed E-state index contributed by atoms with van der Waals surface area (Å²) >= 11 is 11.0. The number of carbonyl (C=O) groups is 1. The van der Waals surface area contributed by atoms with E-state index in [9.17, 15) is 4.79 Å². The fourth-order valence-electron chi connectivity index (χ4n) is 3.03. The predicted molar refractivity (Wildman–Crippen MR) is 118 cm³/mol. The van der Waals surface area contributed by atoms with Crippen LogP contribution in [0.15, 0.2) is 51.4 Å². The number of fused-ring (bicyclic) bond motifs is 1. The Bertz CT molecular complexity index is 1200. The van der Waals surface area contributed by atoms with Crippen molar-refractivity contribution in [2.24, 2.45) is 0 Å². The molecule has 0 aliphatic heterocycles. The summed E-state index contributed by atoms with van der Waals surface area (Å²) in [6.07, 6.45) is 0.704. The van der Waals surface area contributed by atoms with E-state index in [1.165, 1.54) is 11.3 Å². The minimum absolute atomic E-state index is 0.291. The Hall–Kier alpha value is -2.15. The molecule has 7 heteroatoms. The number of aromatic nitrogens is 1. The van der Waals surface area contributed by atoms with Gasteiger partial charge in [0.1, 0.15) is 5.58 Å². The van der Waals surface area contributed by atoms with E-state index in [1.807, 2.05) is 56.3 Å². The molecule has 0 saturated heterocycles. The Labute approximate surface area is 179 Å². The third-order valence-corrected chi connectivity index (χ3v) is 6.82. The van der Waals surface area contributed by atoms with Crippen molar-refractivity contribution in [2.75, 3.05) is 5.32 Å². The maximum atomic E-state index is 12.7. The first kappa shape index (κ1) is 19.2. The predicted octanol–water partition coefficient (Wildman–Crippen LogP) is 6.77. The molecule has 0 spiro atoms. The fourth-order valence-corrected chi connectivity index (χ4v) is 4.47. The lowest BCUT2D eigenvalue weighted by atomic mass is 10.1. The van der Waals surface area contributed by atoms with E-state index in [-0.39, 0.29) is 5.91 Å². The van der Waals surface area contributed by atoms with Crippen LogP contribution in [0.25, 0.3) is 11.0 Å². The first-order valence-corrected chi connectivity index (χ1v) is 10.6. The molecule has 0 radical (unpaired) electrons. The second-order valence-electron chi connectivity index (χ2n) is 6.46. The van der Waals surface area contributed by atoms with Gasteiger partial charge in [0.05, 0.1) is 10.7 Å². The lowest BCUT2D eigenvalue weighted by Crippen LogP contribution is -2.11. The molecule has 0 aliphatic carbocycles. The molecule has 0 bridgehead atoms. The zero-order chi connectivity index (χ0) is 19.8. The number of thiazole rings is 1. The highest BCUT2D eigenvalue weighted by Crippen LogP contribution is 2.30. The molecule has 4 rings (SSSR count). The molecular weight excluding hydrogens is 460 g/mol. The number of amides is 1. The topological polar surface area (TPSA) is 55.1 Å². The van der Waals surface area contributed by atoms with E-state index < -0.39 is 0 Å². The number of benzene rings is 2. The van der Waals surface area contributed by atoms with E-state index in [0.717, 1.165) is 31.6 Å². The van der Waals surface area contributed by atoms with Gasteiger partial charge in [0, 0.05) is 26.7 Å². The number of anilines is 1. The average Bonchev–Trinajstić information content (AvgIpc) is 3.18. The largest absolute Gasteiger partial charge is 0.451 e. The van der Waals surface area contributed by atoms with Crippen molar-refractivity contribution >= 4 is 60.9 Å². The van der Waals surface area contributed by atoms with Crippen LogP contribution in [0.5, 0.6) is 0 Å². The molecule has 1 amide bonds. The van der Waals surface area contributed by atoms with Crippen LogP contribution in [-0.4, -0.2) is 10.9 Å². The first-order valence-electron chi connectivity index (χ1n) is 8.62. The Kier molecular flexibility index (Phi) is 5.27. The SMILES string of the molecule is Cc1nc(NC(=O)c2oc3ccccc3c2C)sc1Cc1ccc(Br)c(Cl)c1. The van der Waals surface area contributed by atoms with Crippen LogP contribution in [-0.2, 0) is 6.42 Å². The molecule has 0 saturated carbocycles. The van der Waals surface area contributed by atoms with E-state index in [2.05, 4.69) is 26.2 Å². The van der Waals surface area contributed by atoms with Crippen LogP contribution in [0.4, 0.5) is 5.13 Å². The number of halogens is 2. The molecule has 4 aromatic rings. The highest BCUT2D eigenvalue weighted by atomic mass is 79.9. The van der Waals surface area contributed by atoms with Crippen molar-refractivity contribution in [3.63, 3.8) is 0 Å². The molecule has 2 aromatic heterocycles. The van der Waals surface area contributed by atoms with E-state index >= 15 is 0 Å². The van der Waals surface area contributed by atoms with Gasteiger partial charge in [-0.1, -0.05) is 35.9 Å². The molecule has 142 valence electrons. The van der Waals surface area contributed by atoms with Gasteiger partial charge in [0.25, 0.3) is 5.91 Å². The summed E-state index contributed by atoms with van der Waals surface area (Å²) < 4.78 is 6.60. The van der Waals surface area contributed by atoms with Gasteiger partial charge in [0.2, 0.25) is 0 Å². The van der Waals surface area contributed by atoms with Crippen LogP contribution < -0.4 is 5.32 Å². The van der Waals surface area contributed by atoms with Gasteiger partial charge in [-0.05, 0) is 53.5 Å². The highest BCUT2D eigenvalue weighted by Gasteiger charge is 2.19. The normalized spacial score (nSPS) is 11.1. The molecule has 4 nitrogen and oxygen atoms in total.